The second kappa shape index (κ2) is 7.42. The molecule has 0 aliphatic heterocycles. The lowest BCUT2D eigenvalue weighted by atomic mass is 9.94. The van der Waals surface area contributed by atoms with Crippen molar-refractivity contribution in [2.45, 2.75) is 46.6 Å². The molecule has 0 spiro atoms. The Hall–Kier alpha value is -1.60. The quantitative estimate of drug-likeness (QED) is 0.745. The lowest BCUT2D eigenvalue weighted by Gasteiger charge is -2.18. The maximum absolute atomic E-state index is 3.64. The van der Waals surface area contributed by atoms with Crippen molar-refractivity contribution in [1.82, 2.24) is 5.32 Å². The van der Waals surface area contributed by atoms with Crippen molar-refractivity contribution >= 4 is 0 Å². The highest BCUT2D eigenvalue weighted by atomic mass is 14.9. The number of hydrogen-bond donors (Lipinski definition) is 1. The molecule has 0 aromatic heterocycles. The summed E-state index contributed by atoms with van der Waals surface area (Å²) in [4.78, 5) is 0. The number of hydrogen-bond acceptors (Lipinski definition) is 1. The standard InChI is InChI=1S/C20H27N/c1-5-12-21-20(6-2)18-9-7-8-17(14-18)19-13-15(3)10-11-16(19)4/h7-11,13-14,20-21H,5-6,12H2,1-4H3. The molecule has 2 rings (SSSR count). The predicted molar refractivity (Wildman–Crippen MR) is 92.7 cm³/mol. The van der Waals surface area contributed by atoms with Crippen molar-refractivity contribution in [3.8, 4) is 11.1 Å². The summed E-state index contributed by atoms with van der Waals surface area (Å²) in [7, 11) is 0. The Morgan fingerprint density at radius 3 is 2.52 bits per heavy atom. The molecule has 0 saturated heterocycles. The third kappa shape index (κ3) is 3.95. The van der Waals surface area contributed by atoms with Crippen molar-refractivity contribution in [2.75, 3.05) is 6.54 Å². The maximum Gasteiger partial charge on any atom is 0.0317 e. The number of aryl methyl sites for hydroxylation is 2. The van der Waals surface area contributed by atoms with Crippen molar-refractivity contribution in [3.05, 3.63) is 59.2 Å². The fraction of sp³-hybridized carbons (Fsp3) is 0.400. The SMILES string of the molecule is CCCNC(CC)c1cccc(-c2cc(C)ccc2C)c1. The Morgan fingerprint density at radius 1 is 1.00 bits per heavy atom. The first kappa shape index (κ1) is 15.8. The molecular weight excluding hydrogens is 254 g/mol. The average Bonchev–Trinajstić information content (AvgIpc) is 2.51. The maximum atomic E-state index is 3.64. The van der Waals surface area contributed by atoms with Gasteiger partial charge < -0.3 is 5.32 Å². The molecule has 112 valence electrons. The van der Waals surface area contributed by atoms with Crippen LogP contribution in [-0.4, -0.2) is 6.54 Å². The van der Waals surface area contributed by atoms with Gasteiger partial charge in [-0.3, -0.25) is 0 Å². The largest absolute Gasteiger partial charge is 0.310 e. The fourth-order valence-electron chi connectivity index (χ4n) is 2.79. The van der Waals surface area contributed by atoms with Crippen molar-refractivity contribution in [1.29, 1.82) is 0 Å². The Kier molecular flexibility index (Phi) is 5.58. The minimum absolute atomic E-state index is 0.454. The van der Waals surface area contributed by atoms with Crippen LogP contribution in [0.3, 0.4) is 0 Å². The molecule has 0 heterocycles. The van der Waals surface area contributed by atoms with E-state index in [1.165, 1.54) is 34.2 Å². The first-order valence-electron chi connectivity index (χ1n) is 8.06. The van der Waals surface area contributed by atoms with E-state index in [2.05, 4.69) is 75.5 Å². The van der Waals surface area contributed by atoms with Crippen LogP contribution >= 0.6 is 0 Å². The highest BCUT2D eigenvalue weighted by molar-refractivity contribution is 5.68. The summed E-state index contributed by atoms with van der Waals surface area (Å²) in [6.07, 6.45) is 2.30. The zero-order valence-corrected chi connectivity index (χ0v) is 13.7. The van der Waals surface area contributed by atoms with Crippen molar-refractivity contribution in [3.63, 3.8) is 0 Å². The molecule has 1 atom stereocenters. The van der Waals surface area contributed by atoms with E-state index in [1.54, 1.807) is 0 Å². The summed E-state index contributed by atoms with van der Waals surface area (Å²) in [6.45, 7) is 9.88. The molecule has 0 radical (unpaired) electrons. The van der Waals surface area contributed by atoms with Crippen molar-refractivity contribution < 1.29 is 0 Å². The molecule has 0 amide bonds. The van der Waals surface area contributed by atoms with Gasteiger partial charge in [0, 0.05) is 6.04 Å². The van der Waals surface area contributed by atoms with Crippen LogP contribution < -0.4 is 5.32 Å². The summed E-state index contributed by atoms with van der Waals surface area (Å²) in [5.74, 6) is 0. The molecule has 21 heavy (non-hydrogen) atoms. The highest BCUT2D eigenvalue weighted by Crippen LogP contribution is 2.28. The molecule has 1 unspecified atom stereocenters. The predicted octanol–water partition coefficient (Wildman–Crippen LogP) is 5.42. The summed E-state index contributed by atoms with van der Waals surface area (Å²) >= 11 is 0. The van der Waals surface area contributed by atoms with Crippen LogP contribution in [-0.2, 0) is 0 Å². The van der Waals surface area contributed by atoms with E-state index < -0.39 is 0 Å². The van der Waals surface area contributed by atoms with Gasteiger partial charge in [0.05, 0.1) is 0 Å². The zero-order valence-electron chi connectivity index (χ0n) is 13.7. The molecule has 1 heteroatoms. The molecule has 2 aromatic carbocycles. The second-order valence-corrected chi connectivity index (χ2v) is 5.86. The lowest BCUT2D eigenvalue weighted by Crippen LogP contribution is -2.21. The van der Waals surface area contributed by atoms with Crippen molar-refractivity contribution in [2.24, 2.45) is 0 Å². The van der Waals surface area contributed by atoms with Crippen LogP contribution in [0.1, 0.15) is 49.4 Å². The van der Waals surface area contributed by atoms with Gasteiger partial charge in [0.1, 0.15) is 0 Å². The fourth-order valence-corrected chi connectivity index (χ4v) is 2.79. The molecule has 0 aliphatic rings. The van der Waals surface area contributed by atoms with Gasteiger partial charge in [0.25, 0.3) is 0 Å². The van der Waals surface area contributed by atoms with Crippen LogP contribution in [0.5, 0.6) is 0 Å². The van der Waals surface area contributed by atoms with Crippen LogP contribution in [0.25, 0.3) is 11.1 Å². The first-order chi connectivity index (χ1) is 10.2. The van der Waals surface area contributed by atoms with E-state index in [9.17, 15) is 0 Å². The van der Waals surface area contributed by atoms with Gasteiger partial charge in [-0.1, -0.05) is 55.8 Å². The van der Waals surface area contributed by atoms with Gasteiger partial charge in [-0.2, -0.15) is 0 Å². The van der Waals surface area contributed by atoms with E-state index >= 15 is 0 Å². The topological polar surface area (TPSA) is 12.0 Å². The molecule has 0 fully saturated rings. The van der Waals surface area contributed by atoms with Crippen LogP contribution in [0, 0.1) is 13.8 Å². The van der Waals surface area contributed by atoms with Crippen LogP contribution in [0.2, 0.25) is 0 Å². The average molecular weight is 281 g/mol. The Morgan fingerprint density at radius 2 is 1.81 bits per heavy atom. The molecule has 0 saturated carbocycles. The third-order valence-corrected chi connectivity index (χ3v) is 4.04. The summed E-state index contributed by atoms with van der Waals surface area (Å²) in [5.41, 5.74) is 6.72. The molecule has 0 bridgehead atoms. The Bertz CT molecular complexity index is 586. The zero-order chi connectivity index (χ0) is 15.2. The Labute approximate surface area is 129 Å². The van der Waals surface area contributed by atoms with Crippen LogP contribution in [0.15, 0.2) is 42.5 Å². The molecule has 0 aliphatic carbocycles. The lowest BCUT2D eigenvalue weighted by molar-refractivity contribution is 0.518. The second-order valence-electron chi connectivity index (χ2n) is 5.86. The van der Waals surface area contributed by atoms with Crippen LogP contribution in [0.4, 0.5) is 0 Å². The van der Waals surface area contributed by atoms with E-state index in [0.29, 0.717) is 6.04 Å². The smallest absolute Gasteiger partial charge is 0.0317 e. The summed E-state index contributed by atoms with van der Waals surface area (Å²) < 4.78 is 0. The van der Waals surface area contributed by atoms with Gasteiger partial charge in [-0.15, -0.1) is 0 Å². The number of rotatable bonds is 6. The van der Waals surface area contributed by atoms with E-state index in [-0.39, 0.29) is 0 Å². The van der Waals surface area contributed by atoms with E-state index in [4.69, 9.17) is 0 Å². The molecule has 1 nitrogen and oxygen atoms in total. The van der Waals surface area contributed by atoms with Gasteiger partial charge in [0.15, 0.2) is 0 Å². The summed E-state index contributed by atoms with van der Waals surface area (Å²) in [5, 5.41) is 3.64. The van der Waals surface area contributed by atoms with E-state index in [0.717, 1.165) is 13.0 Å². The van der Waals surface area contributed by atoms with Gasteiger partial charge in [-0.05, 0) is 61.6 Å². The summed E-state index contributed by atoms with van der Waals surface area (Å²) in [6, 6.07) is 16.1. The van der Waals surface area contributed by atoms with Gasteiger partial charge in [0.2, 0.25) is 0 Å². The minimum atomic E-state index is 0.454. The van der Waals surface area contributed by atoms with E-state index in [1.807, 2.05) is 0 Å². The van der Waals surface area contributed by atoms with Gasteiger partial charge >= 0.3 is 0 Å². The monoisotopic (exact) mass is 281 g/mol. The molecule has 2 aromatic rings. The molecular formula is C20H27N. The Balaban J connectivity index is 2.34. The molecule has 1 N–H and O–H groups in total. The third-order valence-electron chi connectivity index (χ3n) is 4.04. The normalized spacial score (nSPS) is 12.4. The highest BCUT2D eigenvalue weighted by Gasteiger charge is 2.10. The minimum Gasteiger partial charge on any atom is -0.310 e. The number of benzene rings is 2. The number of nitrogens with one attached hydrogen (secondary N) is 1. The first-order valence-corrected chi connectivity index (χ1v) is 8.06. The van der Waals surface area contributed by atoms with Gasteiger partial charge in [-0.25, -0.2) is 0 Å².